The molecule has 0 saturated carbocycles. The fourth-order valence-electron chi connectivity index (χ4n) is 3.80. The van der Waals surface area contributed by atoms with E-state index in [4.69, 9.17) is 4.74 Å². The maximum atomic E-state index is 12.1. The van der Waals surface area contributed by atoms with Gasteiger partial charge in [0.05, 0.1) is 26.0 Å². The lowest BCUT2D eigenvalue weighted by molar-refractivity contribution is -0.123. The van der Waals surface area contributed by atoms with Gasteiger partial charge in [0, 0.05) is 35.7 Å². The largest absolute Gasteiger partial charge is 0.379 e. The van der Waals surface area contributed by atoms with Crippen LogP contribution in [0.5, 0.6) is 0 Å². The van der Waals surface area contributed by atoms with E-state index in [2.05, 4.69) is 82.4 Å². The molecule has 6 heteroatoms. The highest BCUT2D eigenvalue weighted by atomic mass is 16.5. The van der Waals surface area contributed by atoms with E-state index in [1.54, 1.807) is 6.21 Å². The number of amides is 1. The van der Waals surface area contributed by atoms with Gasteiger partial charge in [-0.25, -0.2) is 5.43 Å². The van der Waals surface area contributed by atoms with Gasteiger partial charge in [0.1, 0.15) is 0 Å². The van der Waals surface area contributed by atoms with Crippen molar-refractivity contribution in [3.8, 4) is 5.69 Å². The summed E-state index contributed by atoms with van der Waals surface area (Å²) in [6.45, 7) is 7.41. The molecular formula is C23H26N4O2. The fourth-order valence-corrected chi connectivity index (χ4v) is 3.80. The van der Waals surface area contributed by atoms with Crippen LogP contribution in [0.1, 0.15) is 17.0 Å². The summed E-state index contributed by atoms with van der Waals surface area (Å²) >= 11 is 0. The number of morpholine rings is 1. The third kappa shape index (κ3) is 4.39. The SMILES string of the molecule is Cc1cc(/C=N/NC(=O)CN2CCOCC2)c(C)n1-c1ccc2ccccc2c1. The number of hydrogen-bond donors (Lipinski definition) is 1. The van der Waals surface area contributed by atoms with Crippen molar-refractivity contribution in [2.45, 2.75) is 13.8 Å². The van der Waals surface area contributed by atoms with E-state index in [1.807, 2.05) is 0 Å². The first-order chi connectivity index (χ1) is 14.1. The maximum absolute atomic E-state index is 12.1. The first kappa shape index (κ1) is 19.4. The molecule has 0 radical (unpaired) electrons. The Morgan fingerprint density at radius 2 is 1.86 bits per heavy atom. The lowest BCUT2D eigenvalue weighted by Crippen LogP contribution is -2.42. The van der Waals surface area contributed by atoms with E-state index in [-0.39, 0.29) is 5.91 Å². The number of fused-ring (bicyclic) bond motifs is 1. The molecular weight excluding hydrogens is 364 g/mol. The summed E-state index contributed by atoms with van der Waals surface area (Å²) in [7, 11) is 0. The normalized spacial score (nSPS) is 15.2. The molecule has 1 N–H and O–H groups in total. The van der Waals surface area contributed by atoms with Crippen LogP contribution in [0.4, 0.5) is 0 Å². The third-order valence-corrected chi connectivity index (χ3v) is 5.33. The smallest absolute Gasteiger partial charge is 0.254 e. The molecule has 0 bridgehead atoms. The average Bonchev–Trinajstić information content (AvgIpc) is 3.01. The highest BCUT2D eigenvalue weighted by Gasteiger charge is 2.14. The van der Waals surface area contributed by atoms with Gasteiger partial charge in [-0.15, -0.1) is 0 Å². The number of nitrogens with zero attached hydrogens (tertiary/aromatic N) is 3. The molecule has 0 aliphatic carbocycles. The number of benzene rings is 2. The number of hydrazone groups is 1. The topological polar surface area (TPSA) is 58.9 Å². The molecule has 2 heterocycles. The second-order valence-corrected chi connectivity index (χ2v) is 7.38. The van der Waals surface area contributed by atoms with Crippen molar-refractivity contribution in [3.05, 3.63) is 65.5 Å². The minimum atomic E-state index is -0.105. The van der Waals surface area contributed by atoms with Gasteiger partial charge in [-0.05, 0) is 42.8 Å². The van der Waals surface area contributed by atoms with Crippen molar-refractivity contribution in [1.82, 2.24) is 14.9 Å². The molecule has 1 aliphatic rings. The zero-order chi connectivity index (χ0) is 20.2. The highest BCUT2D eigenvalue weighted by molar-refractivity contribution is 5.86. The van der Waals surface area contributed by atoms with Gasteiger partial charge in [0.2, 0.25) is 0 Å². The van der Waals surface area contributed by atoms with Gasteiger partial charge in [-0.3, -0.25) is 9.69 Å². The van der Waals surface area contributed by atoms with E-state index in [1.165, 1.54) is 10.8 Å². The summed E-state index contributed by atoms with van der Waals surface area (Å²) in [5.74, 6) is -0.105. The molecule has 29 heavy (non-hydrogen) atoms. The van der Waals surface area contributed by atoms with Crippen LogP contribution in [0.3, 0.4) is 0 Å². The number of rotatable bonds is 5. The lowest BCUT2D eigenvalue weighted by atomic mass is 10.1. The van der Waals surface area contributed by atoms with Crippen molar-refractivity contribution in [2.75, 3.05) is 32.8 Å². The average molecular weight is 390 g/mol. The second kappa shape index (κ2) is 8.59. The summed E-state index contributed by atoms with van der Waals surface area (Å²) in [6, 6.07) is 16.9. The summed E-state index contributed by atoms with van der Waals surface area (Å²) in [5.41, 5.74) is 6.96. The van der Waals surface area contributed by atoms with Crippen molar-refractivity contribution >= 4 is 22.9 Å². The Hall–Kier alpha value is -2.96. The van der Waals surface area contributed by atoms with Gasteiger partial charge in [-0.2, -0.15) is 5.10 Å². The first-order valence-electron chi connectivity index (χ1n) is 9.92. The molecule has 6 nitrogen and oxygen atoms in total. The Balaban J connectivity index is 1.47. The third-order valence-electron chi connectivity index (χ3n) is 5.33. The maximum Gasteiger partial charge on any atom is 0.254 e. The molecule has 4 rings (SSSR count). The Morgan fingerprint density at radius 3 is 2.66 bits per heavy atom. The minimum Gasteiger partial charge on any atom is -0.379 e. The van der Waals surface area contributed by atoms with E-state index in [0.717, 1.165) is 35.7 Å². The number of hydrogen-bond acceptors (Lipinski definition) is 4. The Kier molecular flexibility index (Phi) is 5.74. The van der Waals surface area contributed by atoms with Gasteiger partial charge in [0.15, 0.2) is 0 Å². The van der Waals surface area contributed by atoms with Crippen molar-refractivity contribution < 1.29 is 9.53 Å². The summed E-state index contributed by atoms with van der Waals surface area (Å²) in [5, 5.41) is 6.61. The summed E-state index contributed by atoms with van der Waals surface area (Å²) in [4.78, 5) is 14.2. The molecule has 1 amide bonds. The second-order valence-electron chi connectivity index (χ2n) is 7.38. The molecule has 2 aromatic carbocycles. The van der Waals surface area contributed by atoms with Gasteiger partial charge in [0.25, 0.3) is 5.91 Å². The molecule has 1 aromatic heterocycles. The molecule has 1 aliphatic heterocycles. The van der Waals surface area contributed by atoms with Crippen molar-refractivity contribution in [1.29, 1.82) is 0 Å². The highest BCUT2D eigenvalue weighted by Crippen LogP contribution is 2.23. The Morgan fingerprint density at radius 1 is 1.10 bits per heavy atom. The van der Waals surface area contributed by atoms with Crippen LogP contribution in [0, 0.1) is 13.8 Å². The zero-order valence-electron chi connectivity index (χ0n) is 16.9. The van der Waals surface area contributed by atoms with E-state index in [9.17, 15) is 4.79 Å². The number of aryl methyl sites for hydroxylation is 1. The van der Waals surface area contributed by atoms with E-state index < -0.39 is 0 Å². The van der Waals surface area contributed by atoms with Gasteiger partial charge < -0.3 is 9.30 Å². The number of ether oxygens (including phenoxy) is 1. The Labute approximate surface area is 170 Å². The predicted molar refractivity (Wildman–Crippen MR) is 116 cm³/mol. The van der Waals surface area contributed by atoms with E-state index in [0.29, 0.717) is 19.8 Å². The molecule has 1 fully saturated rings. The molecule has 0 atom stereocenters. The quantitative estimate of drug-likeness (QED) is 0.538. The van der Waals surface area contributed by atoms with Crippen molar-refractivity contribution in [2.24, 2.45) is 5.10 Å². The molecule has 0 unspecified atom stereocenters. The van der Waals surface area contributed by atoms with Gasteiger partial charge in [-0.1, -0.05) is 30.3 Å². The lowest BCUT2D eigenvalue weighted by Gasteiger charge is -2.25. The number of carbonyl (C=O) groups is 1. The summed E-state index contributed by atoms with van der Waals surface area (Å²) in [6.07, 6.45) is 1.72. The Bertz CT molecular complexity index is 1050. The number of carbonyl (C=O) groups excluding carboxylic acids is 1. The van der Waals surface area contributed by atoms with Crippen LogP contribution in [-0.4, -0.2) is 54.4 Å². The minimum absolute atomic E-state index is 0.105. The zero-order valence-corrected chi connectivity index (χ0v) is 16.9. The van der Waals surface area contributed by atoms with Crippen LogP contribution in [0.15, 0.2) is 53.6 Å². The molecule has 0 spiro atoms. The van der Waals surface area contributed by atoms with Crippen LogP contribution < -0.4 is 5.43 Å². The number of aromatic nitrogens is 1. The molecule has 150 valence electrons. The van der Waals surface area contributed by atoms with Crippen molar-refractivity contribution in [3.63, 3.8) is 0 Å². The fraction of sp³-hybridized carbons (Fsp3) is 0.304. The number of nitrogens with one attached hydrogen (secondary N) is 1. The van der Waals surface area contributed by atoms with E-state index >= 15 is 0 Å². The molecule has 3 aromatic rings. The van der Waals surface area contributed by atoms with Crippen LogP contribution in [0.25, 0.3) is 16.5 Å². The predicted octanol–water partition coefficient (Wildman–Crippen LogP) is 3.03. The molecule has 1 saturated heterocycles. The van der Waals surface area contributed by atoms with Crippen LogP contribution in [-0.2, 0) is 9.53 Å². The standard InChI is InChI=1S/C23H26N4O2/c1-17-13-21(15-24-25-23(28)16-26-9-11-29-12-10-26)18(2)27(17)22-8-7-19-5-3-4-6-20(19)14-22/h3-8,13-15H,9-12,16H2,1-2H3,(H,25,28)/b24-15+. The summed E-state index contributed by atoms with van der Waals surface area (Å²) < 4.78 is 7.51. The van der Waals surface area contributed by atoms with Crippen LogP contribution in [0.2, 0.25) is 0 Å². The van der Waals surface area contributed by atoms with Gasteiger partial charge >= 0.3 is 0 Å². The first-order valence-corrected chi connectivity index (χ1v) is 9.92. The monoisotopic (exact) mass is 390 g/mol. The van der Waals surface area contributed by atoms with Crippen LogP contribution >= 0.6 is 0 Å².